The summed E-state index contributed by atoms with van der Waals surface area (Å²) < 4.78 is 0. The van der Waals surface area contributed by atoms with Gasteiger partial charge in [0.25, 0.3) is 0 Å². The molecule has 0 amide bonds. The number of thioether (sulfide) groups is 1. The lowest BCUT2D eigenvalue weighted by molar-refractivity contribution is 0.737. The molecular formula is C7H7NS3. The predicted octanol–water partition coefficient (Wildman–Crippen LogP) is 2.44. The fraction of sp³-hybridized carbons (Fsp3) is 0.286. The summed E-state index contributed by atoms with van der Waals surface area (Å²) in [7, 11) is 0. The van der Waals surface area contributed by atoms with Gasteiger partial charge in [0, 0.05) is 21.0 Å². The molecule has 1 N–H and O–H groups in total. The summed E-state index contributed by atoms with van der Waals surface area (Å²) in [6.45, 7) is 0. The number of thiocarbonyl (C=S) groups is 1. The number of hydrogen-bond donors (Lipinski definition) is 1. The van der Waals surface area contributed by atoms with Gasteiger partial charge in [-0.15, -0.1) is 23.1 Å². The van der Waals surface area contributed by atoms with Crippen LogP contribution in [-0.2, 0) is 0 Å². The van der Waals surface area contributed by atoms with Crippen LogP contribution in [0.1, 0.15) is 10.9 Å². The van der Waals surface area contributed by atoms with Crippen LogP contribution >= 0.6 is 35.3 Å². The van der Waals surface area contributed by atoms with Crippen LogP contribution in [0, 0.1) is 0 Å². The summed E-state index contributed by atoms with van der Waals surface area (Å²) in [6, 6.07) is 2.47. The first-order valence-electron chi connectivity index (χ1n) is 3.30. The second-order valence-corrected chi connectivity index (χ2v) is 4.49. The molecule has 1 nitrogen and oxygen atoms in total. The van der Waals surface area contributed by atoms with Crippen molar-refractivity contribution in [3.63, 3.8) is 0 Å². The highest BCUT2D eigenvalue weighted by Gasteiger charge is 2.18. The third-order valence-electron chi connectivity index (χ3n) is 1.61. The van der Waals surface area contributed by atoms with Crippen molar-refractivity contribution >= 4 is 40.7 Å². The second-order valence-electron chi connectivity index (χ2n) is 2.26. The SMILES string of the molecule is S=CC1NCSc2ccsc21. The Kier molecular flexibility index (Phi) is 2.27. The molecule has 11 heavy (non-hydrogen) atoms. The molecule has 0 bridgehead atoms. The number of fused-ring (bicyclic) bond motifs is 1. The molecule has 2 heterocycles. The van der Waals surface area contributed by atoms with Gasteiger partial charge in [0.2, 0.25) is 0 Å². The number of nitrogens with one attached hydrogen (secondary N) is 1. The third-order valence-corrected chi connectivity index (χ3v) is 3.99. The van der Waals surface area contributed by atoms with E-state index in [4.69, 9.17) is 12.2 Å². The Morgan fingerprint density at radius 1 is 1.73 bits per heavy atom. The zero-order valence-corrected chi connectivity index (χ0v) is 8.19. The molecule has 0 aromatic carbocycles. The molecule has 0 fully saturated rings. The Labute approximate surface area is 79.2 Å². The van der Waals surface area contributed by atoms with Crippen molar-refractivity contribution in [2.24, 2.45) is 0 Å². The highest BCUT2D eigenvalue weighted by Crippen LogP contribution is 2.35. The molecule has 1 aromatic heterocycles. The first-order chi connectivity index (χ1) is 5.42. The maximum Gasteiger partial charge on any atom is 0.0722 e. The molecule has 0 saturated heterocycles. The molecule has 0 aliphatic carbocycles. The average molecular weight is 201 g/mol. The van der Waals surface area contributed by atoms with Crippen LogP contribution in [0.4, 0.5) is 0 Å². The molecule has 1 unspecified atom stereocenters. The van der Waals surface area contributed by atoms with Gasteiger partial charge in [0.1, 0.15) is 0 Å². The Morgan fingerprint density at radius 3 is 3.45 bits per heavy atom. The van der Waals surface area contributed by atoms with Crippen molar-refractivity contribution in [3.05, 3.63) is 16.3 Å². The summed E-state index contributed by atoms with van der Waals surface area (Å²) >= 11 is 8.55. The molecule has 0 saturated carbocycles. The lowest BCUT2D eigenvalue weighted by atomic mass is 10.3. The van der Waals surface area contributed by atoms with Gasteiger partial charge < -0.3 is 0 Å². The van der Waals surface area contributed by atoms with Crippen molar-refractivity contribution in [2.75, 3.05) is 5.88 Å². The number of thiophene rings is 1. The zero-order valence-electron chi connectivity index (χ0n) is 5.74. The van der Waals surface area contributed by atoms with Gasteiger partial charge in [-0.3, -0.25) is 5.32 Å². The van der Waals surface area contributed by atoms with E-state index >= 15 is 0 Å². The van der Waals surface area contributed by atoms with E-state index in [1.54, 1.807) is 16.7 Å². The van der Waals surface area contributed by atoms with Gasteiger partial charge in [-0.2, -0.15) is 0 Å². The smallest absolute Gasteiger partial charge is 0.0722 e. The van der Waals surface area contributed by atoms with E-state index < -0.39 is 0 Å². The fourth-order valence-corrected chi connectivity index (χ4v) is 3.48. The number of rotatable bonds is 1. The van der Waals surface area contributed by atoms with Gasteiger partial charge in [-0.1, -0.05) is 12.2 Å². The number of hydrogen-bond acceptors (Lipinski definition) is 4. The molecule has 4 heteroatoms. The van der Waals surface area contributed by atoms with Crippen molar-refractivity contribution < 1.29 is 0 Å². The fourth-order valence-electron chi connectivity index (χ4n) is 1.07. The summed E-state index contributed by atoms with van der Waals surface area (Å²) in [4.78, 5) is 2.76. The topological polar surface area (TPSA) is 12.0 Å². The third kappa shape index (κ3) is 1.36. The molecule has 0 spiro atoms. The maximum absolute atomic E-state index is 4.92. The van der Waals surface area contributed by atoms with E-state index in [-0.39, 0.29) is 0 Å². The highest BCUT2D eigenvalue weighted by atomic mass is 32.2. The van der Waals surface area contributed by atoms with E-state index in [9.17, 15) is 0 Å². The molecule has 0 radical (unpaired) electrons. The Hall–Kier alpha value is 0.1000. The van der Waals surface area contributed by atoms with Crippen molar-refractivity contribution in [1.82, 2.24) is 5.32 Å². The van der Waals surface area contributed by atoms with Crippen LogP contribution in [0.15, 0.2) is 16.3 Å². The van der Waals surface area contributed by atoms with E-state index in [2.05, 4.69) is 16.8 Å². The predicted molar refractivity (Wildman–Crippen MR) is 54.6 cm³/mol. The van der Waals surface area contributed by atoms with Gasteiger partial charge >= 0.3 is 0 Å². The Morgan fingerprint density at radius 2 is 2.64 bits per heavy atom. The first kappa shape index (κ1) is 7.73. The van der Waals surface area contributed by atoms with E-state index in [0.29, 0.717) is 6.04 Å². The minimum atomic E-state index is 0.307. The normalized spacial score (nSPS) is 22.7. The zero-order chi connectivity index (χ0) is 7.68. The summed E-state index contributed by atoms with van der Waals surface area (Å²) in [5, 5.41) is 7.25. The quantitative estimate of drug-likeness (QED) is 0.701. The Bertz CT molecular complexity index is 268. The largest absolute Gasteiger partial charge is 0.296 e. The summed E-state index contributed by atoms with van der Waals surface area (Å²) in [6.07, 6.45) is 0. The molecule has 1 aliphatic heterocycles. The minimum absolute atomic E-state index is 0.307. The first-order valence-corrected chi connectivity index (χ1v) is 5.64. The second kappa shape index (κ2) is 3.23. The standard InChI is InChI=1S/C7H7NS3/c9-3-5-7-6(1-2-10-7)11-4-8-5/h1-3,5,8H,4H2. The van der Waals surface area contributed by atoms with Crippen molar-refractivity contribution in [2.45, 2.75) is 10.9 Å². The van der Waals surface area contributed by atoms with Gasteiger partial charge in [-0.05, 0) is 11.4 Å². The van der Waals surface area contributed by atoms with Gasteiger partial charge in [0.15, 0.2) is 0 Å². The molecule has 1 aromatic rings. The maximum atomic E-state index is 4.92. The summed E-state index contributed by atoms with van der Waals surface area (Å²) in [5.74, 6) is 0.974. The van der Waals surface area contributed by atoms with Crippen LogP contribution < -0.4 is 5.32 Å². The van der Waals surface area contributed by atoms with Gasteiger partial charge in [0.05, 0.1) is 6.04 Å². The molecular weight excluding hydrogens is 194 g/mol. The van der Waals surface area contributed by atoms with Crippen molar-refractivity contribution in [1.29, 1.82) is 0 Å². The van der Waals surface area contributed by atoms with E-state index in [1.165, 1.54) is 9.77 Å². The molecule has 1 atom stereocenters. The highest BCUT2D eigenvalue weighted by molar-refractivity contribution is 7.99. The van der Waals surface area contributed by atoms with Crippen LogP contribution in [-0.4, -0.2) is 11.2 Å². The van der Waals surface area contributed by atoms with Crippen LogP contribution in [0.5, 0.6) is 0 Å². The van der Waals surface area contributed by atoms with Crippen molar-refractivity contribution in [3.8, 4) is 0 Å². The van der Waals surface area contributed by atoms with Crippen LogP contribution in [0.2, 0.25) is 0 Å². The summed E-state index contributed by atoms with van der Waals surface area (Å²) in [5.41, 5.74) is 0. The van der Waals surface area contributed by atoms with Gasteiger partial charge in [-0.25, -0.2) is 0 Å². The lowest BCUT2D eigenvalue weighted by Gasteiger charge is -2.19. The lowest BCUT2D eigenvalue weighted by Crippen LogP contribution is -2.24. The van der Waals surface area contributed by atoms with E-state index in [1.807, 2.05) is 11.8 Å². The molecule has 58 valence electrons. The van der Waals surface area contributed by atoms with E-state index in [0.717, 1.165) is 5.88 Å². The molecule has 1 aliphatic rings. The minimum Gasteiger partial charge on any atom is -0.296 e. The average Bonchev–Trinajstić information content (AvgIpc) is 2.50. The Balaban J connectivity index is 2.39. The van der Waals surface area contributed by atoms with Crippen LogP contribution in [0.3, 0.4) is 0 Å². The molecule has 2 rings (SSSR count). The van der Waals surface area contributed by atoms with Crippen LogP contribution in [0.25, 0.3) is 0 Å². The monoisotopic (exact) mass is 201 g/mol.